The first-order chi connectivity index (χ1) is 29.2. The van der Waals surface area contributed by atoms with Crippen LogP contribution < -0.4 is 20.7 Å². The van der Waals surface area contributed by atoms with Crippen molar-refractivity contribution in [3.63, 3.8) is 0 Å². The molecule has 60 heavy (non-hydrogen) atoms. The molecule has 0 saturated carbocycles. The van der Waals surface area contributed by atoms with Crippen molar-refractivity contribution in [1.82, 2.24) is 0 Å². The van der Waals surface area contributed by atoms with Crippen molar-refractivity contribution in [1.29, 1.82) is 0 Å². The van der Waals surface area contributed by atoms with Crippen LogP contribution in [0.1, 0.15) is 22.3 Å². The van der Waals surface area contributed by atoms with Gasteiger partial charge in [0.2, 0.25) is 0 Å². The summed E-state index contributed by atoms with van der Waals surface area (Å²) in [5.74, 6) is 0. The third-order valence-corrected chi connectivity index (χ3v) is 20.2. The van der Waals surface area contributed by atoms with E-state index in [0.717, 1.165) is 0 Å². The van der Waals surface area contributed by atoms with Crippen molar-refractivity contribution < 1.29 is 18.9 Å². The maximum atomic E-state index is 6.13. The predicted octanol–water partition coefficient (Wildman–Crippen LogP) is 10.5. The summed E-state index contributed by atoms with van der Waals surface area (Å²) in [7, 11) is 2.38. The normalized spacial score (nSPS) is 14.1. The monoisotopic (exact) mass is 822 g/mol. The molecule has 0 aromatic heterocycles. The lowest BCUT2D eigenvalue weighted by atomic mass is 9.82. The third kappa shape index (κ3) is 6.23. The third-order valence-electron chi connectivity index (χ3n) is 13.1. The van der Waals surface area contributed by atoms with Gasteiger partial charge >= 0.3 is 0 Å². The molecule has 0 atom stereocenters. The Morgan fingerprint density at radius 1 is 0.333 bits per heavy atom. The predicted molar refractivity (Wildman–Crippen MR) is 255 cm³/mol. The SMILES string of the molecule is COCc1c(COC)c(-c2ccccc2)c2c(c1-c1ccccc1)-c1cc3c(cc1[Si]2(C)C)-c1c(-c2ccccc2)c(COC)c(COC)c(-c2ccccc2)c1[Si]3(C)C. The van der Waals surface area contributed by atoms with Gasteiger partial charge in [0.05, 0.1) is 26.4 Å². The quantitative estimate of drug-likeness (QED) is 0.115. The van der Waals surface area contributed by atoms with Crippen molar-refractivity contribution in [2.45, 2.75) is 52.6 Å². The van der Waals surface area contributed by atoms with Crippen LogP contribution in [0.5, 0.6) is 0 Å². The Balaban J connectivity index is 1.46. The van der Waals surface area contributed by atoms with Crippen LogP contribution in [-0.2, 0) is 45.4 Å². The Morgan fingerprint density at radius 3 is 0.850 bits per heavy atom. The van der Waals surface area contributed by atoms with Crippen molar-refractivity contribution >= 4 is 36.9 Å². The molecule has 0 saturated heterocycles. The molecule has 0 radical (unpaired) electrons. The van der Waals surface area contributed by atoms with Gasteiger partial charge in [-0.25, -0.2) is 0 Å². The first kappa shape index (κ1) is 40.2. The number of fused-ring (bicyclic) bond motifs is 6. The van der Waals surface area contributed by atoms with E-state index in [1.54, 1.807) is 0 Å². The van der Waals surface area contributed by atoms with Gasteiger partial charge in [-0.3, -0.25) is 0 Å². The highest BCUT2D eigenvalue weighted by Gasteiger charge is 2.48. The summed E-state index contributed by atoms with van der Waals surface area (Å²) >= 11 is 0. The average Bonchev–Trinajstić information content (AvgIpc) is 3.63. The molecule has 0 aliphatic carbocycles. The summed E-state index contributed by atoms with van der Waals surface area (Å²) in [5, 5.41) is 5.94. The fourth-order valence-electron chi connectivity index (χ4n) is 10.7. The standard InChI is InChI=1S/C54H54O4Si2/c1-55-31-41-43(33-57-3)49(37-25-17-11-18-26-37)53-51(47(41)35-21-13-9-14-22-35)39-29-46-40(30-45(39)59(53,5)6)52-48(36-23-15-10-16-24-36)42(32-56-2)44(34-58-4)50(54(52)60(46,7)8)38-27-19-12-20-28-38/h9-30H,31-34H2,1-8H3. The summed E-state index contributed by atoms with van der Waals surface area (Å²) in [6.45, 7) is 12.2. The van der Waals surface area contributed by atoms with Gasteiger partial charge in [0.25, 0.3) is 0 Å². The highest BCUT2D eigenvalue weighted by molar-refractivity contribution is 7.07. The molecular formula is C54H54O4Si2. The van der Waals surface area contributed by atoms with Gasteiger partial charge in [0.1, 0.15) is 16.1 Å². The maximum Gasteiger partial charge on any atom is 0.114 e. The fourth-order valence-corrected chi connectivity index (χ4v) is 17.6. The maximum absolute atomic E-state index is 6.13. The summed E-state index contributed by atoms with van der Waals surface area (Å²) in [6, 6.07) is 49.3. The topological polar surface area (TPSA) is 36.9 Å². The lowest BCUT2D eigenvalue weighted by molar-refractivity contribution is 0.169. The molecule has 0 amide bonds. The lowest BCUT2D eigenvalue weighted by Crippen LogP contribution is -2.52. The molecule has 0 N–H and O–H groups in total. The smallest absolute Gasteiger partial charge is 0.114 e. The number of hydrogen-bond donors (Lipinski definition) is 0. The molecule has 7 aromatic carbocycles. The minimum atomic E-state index is -2.44. The second-order valence-corrected chi connectivity index (χ2v) is 25.9. The molecular weight excluding hydrogens is 769 g/mol. The second kappa shape index (κ2) is 16.0. The Labute approximate surface area is 357 Å². The number of methoxy groups -OCH3 is 4. The summed E-state index contributed by atoms with van der Waals surface area (Å²) in [4.78, 5) is 0. The summed E-state index contributed by atoms with van der Waals surface area (Å²) in [6.07, 6.45) is 0. The van der Waals surface area contributed by atoms with E-state index in [1.165, 1.54) is 110 Å². The number of ether oxygens (including phenoxy) is 4. The van der Waals surface area contributed by atoms with Crippen LogP contribution in [0.2, 0.25) is 26.2 Å². The van der Waals surface area contributed by atoms with E-state index in [4.69, 9.17) is 18.9 Å². The summed E-state index contributed by atoms with van der Waals surface area (Å²) < 4.78 is 24.5. The van der Waals surface area contributed by atoms with Crippen LogP contribution >= 0.6 is 0 Å². The zero-order chi connectivity index (χ0) is 41.8. The van der Waals surface area contributed by atoms with E-state index in [1.807, 2.05) is 28.4 Å². The van der Waals surface area contributed by atoms with Crippen LogP contribution in [-0.4, -0.2) is 44.6 Å². The Hall–Kier alpha value is -5.19. The van der Waals surface area contributed by atoms with E-state index in [2.05, 4.69) is 160 Å². The van der Waals surface area contributed by atoms with Crippen LogP contribution in [0.3, 0.4) is 0 Å². The highest BCUT2D eigenvalue weighted by Crippen LogP contribution is 2.49. The van der Waals surface area contributed by atoms with Gasteiger partial charge in [-0.15, -0.1) is 0 Å². The largest absolute Gasteiger partial charge is 0.380 e. The molecule has 9 rings (SSSR count). The van der Waals surface area contributed by atoms with Crippen LogP contribution in [0.25, 0.3) is 66.8 Å². The van der Waals surface area contributed by atoms with Crippen molar-refractivity contribution in [2.75, 3.05) is 28.4 Å². The first-order valence-corrected chi connectivity index (χ1v) is 27.0. The summed E-state index contributed by atoms with van der Waals surface area (Å²) in [5.41, 5.74) is 20.4. The molecule has 0 fully saturated rings. The Kier molecular flexibility index (Phi) is 10.7. The average molecular weight is 823 g/mol. The molecule has 2 aliphatic rings. The van der Waals surface area contributed by atoms with E-state index >= 15 is 0 Å². The minimum absolute atomic E-state index is 0.482. The molecule has 302 valence electrons. The van der Waals surface area contributed by atoms with E-state index in [0.29, 0.717) is 26.4 Å². The highest BCUT2D eigenvalue weighted by atomic mass is 28.3. The Morgan fingerprint density at radius 2 is 0.583 bits per heavy atom. The number of hydrogen-bond acceptors (Lipinski definition) is 4. The van der Waals surface area contributed by atoms with Gasteiger partial charge < -0.3 is 18.9 Å². The fraction of sp³-hybridized carbons (Fsp3) is 0.222. The van der Waals surface area contributed by atoms with Gasteiger partial charge in [0, 0.05) is 28.4 Å². The van der Waals surface area contributed by atoms with E-state index in [-0.39, 0.29) is 0 Å². The number of benzene rings is 7. The molecule has 0 bridgehead atoms. The van der Waals surface area contributed by atoms with Crippen molar-refractivity contribution in [3.05, 3.63) is 156 Å². The molecule has 0 unspecified atom stereocenters. The van der Waals surface area contributed by atoms with Gasteiger partial charge in [-0.05, 0) is 110 Å². The Bertz CT molecular complexity index is 2540. The number of rotatable bonds is 12. The van der Waals surface area contributed by atoms with E-state index < -0.39 is 16.1 Å². The van der Waals surface area contributed by atoms with Gasteiger partial charge in [0.15, 0.2) is 0 Å². The van der Waals surface area contributed by atoms with Crippen LogP contribution in [0.4, 0.5) is 0 Å². The van der Waals surface area contributed by atoms with Crippen molar-refractivity contribution in [2.24, 2.45) is 0 Å². The second-order valence-electron chi connectivity index (χ2n) is 17.3. The molecule has 0 spiro atoms. The van der Waals surface area contributed by atoms with E-state index in [9.17, 15) is 0 Å². The molecule has 2 heterocycles. The molecule has 2 aliphatic heterocycles. The lowest BCUT2D eigenvalue weighted by Gasteiger charge is -2.29. The zero-order valence-corrected chi connectivity index (χ0v) is 38.2. The minimum Gasteiger partial charge on any atom is -0.380 e. The molecule has 4 nitrogen and oxygen atoms in total. The zero-order valence-electron chi connectivity index (χ0n) is 36.2. The molecule has 7 aromatic rings. The molecule has 6 heteroatoms. The van der Waals surface area contributed by atoms with Crippen LogP contribution in [0.15, 0.2) is 133 Å². The van der Waals surface area contributed by atoms with Gasteiger partial charge in [-0.2, -0.15) is 0 Å². The van der Waals surface area contributed by atoms with Crippen LogP contribution in [0, 0.1) is 0 Å². The van der Waals surface area contributed by atoms with Crippen molar-refractivity contribution in [3.8, 4) is 66.8 Å². The first-order valence-electron chi connectivity index (χ1n) is 21.0. The van der Waals surface area contributed by atoms with Gasteiger partial charge in [-0.1, -0.05) is 160 Å².